The van der Waals surface area contributed by atoms with Gasteiger partial charge in [-0.25, -0.2) is 23.4 Å². The Hall–Kier alpha value is -4.79. The van der Waals surface area contributed by atoms with Gasteiger partial charge in [-0.05, 0) is 48.4 Å². The summed E-state index contributed by atoms with van der Waals surface area (Å²) >= 11 is 0. The van der Waals surface area contributed by atoms with Crippen LogP contribution in [0.5, 0.6) is 0 Å². The summed E-state index contributed by atoms with van der Waals surface area (Å²) in [6, 6.07) is 21.2. The molecule has 4 aromatic rings. The highest BCUT2D eigenvalue weighted by Crippen LogP contribution is 2.30. The van der Waals surface area contributed by atoms with Gasteiger partial charge in [0.15, 0.2) is 0 Å². The third-order valence-corrected chi connectivity index (χ3v) is 5.71. The van der Waals surface area contributed by atoms with Gasteiger partial charge in [0.05, 0.1) is 16.9 Å². The minimum atomic E-state index is -1.24. The summed E-state index contributed by atoms with van der Waals surface area (Å²) in [5.74, 6) is -2.01. The van der Waals surface area contributed by atoms with Gasteiger partial charge < -0.3 is 20.6 Å². The molecule has 0 aliphatic heterocycles. The van der Waals surface area contributed by atoms with Gasteiger partial charge in [-0.2, -0.15) is 0 Å². The second-order valence-corrected chi connectivity index (χ2v) is 8.56. The molecule has 3 aromatic carbocycles. The van der Waals surface area contributed by atoms with Crippen LogP contribution in [0, 0.1) is 11.6 Å². The van der Waals surface area contributed by atoms with E-state index in [4.69, 9.17) is 0 Å². The number of nitrogens with zero attached hydrogens (tertiary/aromatic N) is 2. The first-order valence-electron chi connectivity index (χ1n) is 12.0. The highest BCUT2D eigenvalue weighted by atomic mass is 19.1. The SMILES string of the molecule is CCCN(Cc1ccccc1)c1cc(NC(=O)Nc2ccccc2F)cc(-c2cc(F)ccc2C(=O)O)n1. The molecule has 0 fully saturated rings. The van der Waals surface area contributed by atoms with Crippen molar-refractivity contribution in [2.75, 3.05) is 22.1 Å². The van der Waals surface area contributed by atoms with Gasteiger partial charge in [0.25, 0.3) is 0 Å². The number of pyridine rings is 1. The Labute approximate surface area is 218 Å². The summed E-state index contributed by atoms with van der Waals surface area (Å²) in [5, 5.41) is 14.8. The molecule has 4 rings (SSSR count). The normalized spacial score (nSPS) is 10.6. The monoisotopic (exact) mass is 516 g/mol. The zero-order valence-electron chi connectivity index (χ0n) is 20.6. The molecule has 0 spiro atoms. The number of rotatable bonds is 9. The average Bonchev–Trinajstić information content (AvgIpc) is 2.90. The smallest absolute Gasteiger partial charge is 0.336 e. The minimum Gasteiger partial charge on any atom is -0.478 e. The second-order valence-electron chi connectivity index (χ2n) is 8.56. The number of benzene rings is 3. The van der Waals surface area contributed by atoms with E-state index in [1.54, 1.807) is 12.1 Å². The van der Waals surface area contributed by atoms with Crippen LogP contribution in [0.3, 0.4) is 0 Å². The maximum Gasteiger partial charge on any atom is 0.336 e. The number of urea groups is 1. The molecule has 2 amide bonds. The third kappa shape index (κ3) is 6.50. The van der Waals surface area contributed by atoms with Crippen molar-refractivity contribution in [3.63, 3.8) is 0 Å². The van der Waals surface area contributed by atoms with Crippen LogP contribution in [-0.4, -0.2) is 28.6 Å². The van der Waals surface area contributed by atoms with E-state index >= 15 is 0 Å². The standard InChI is InChI=1S/C29H26F2N4O3/c1-2-14-35(18-19-8-4-3-5-9-19)27-17-21(32-29(38)34-25-11-7-6-10-24(25)31)16-26(33-27)23-15-20(30)12-13-22(23)28(36)37/h3-13,15-17H,2,14,18H2,1H3,(H,36,37)(H2,32,33,34,38). The van der Waals surface area contributed by atoms with Gasteiger partial charge >= 0.3 is 12.0 Å². The number of carboxylic acid groups (broad SMARTS) is 1. The topological polar surface area (TPSA) is 94.6 Å². The quantitative estimate of drug-likeness (QED) is 0.228. The number of nitrogens with one attached hydrogen (secondary N) is 2. The predicted octanol–water partition coefficient (Wildman–Crippen LogP) is 6.79. The minimum absolute atomic E-state index is 0.00511. The van der Waals surface area contributed by atoms with Gasteiger partial charge in [0, 0.05) is 30.4 Å². The van der Waals surface area contributed by atoms with Gasteiger partial charge in [0.2, 0.25) is 0 Å². The lowest BCUT2D eigenvalue weighted by Gasteiger charge is -2.25. The summed E-state index contributed by atoms with van der Waals surface area (Å²) in [4.78, 5) is 31.3. The molecular weight excluding hydrogens is 490 g/mol. The van der Waals surface area contributed by atoms with Crippen molar-refractivity contribution >= 4 is 29.2 Å². The molecule has 194 valence electrons. The molecule has 0 unspecified atom stereocenters. The Morgan fingerprint density at radius 2 is 1.66 bits per heavy atom. The second kappa shape index (κ2) is 12.0. The Balaban J connectivity index is 1.76. The first-order valence-corrected chi connectivity index (χ1v) is 12.0. The summed E-state index contributed by atoms with van der Waals surface area (Å²) in [5.41, 5.74) is 1.38. The van der Waals surface area contributed by atoms with E-state index in [9.17, 15) is 23.5 Å². The zero-order chi connectivity index (χ0) is 27.1. The average molecular weight is 517 g/mol. The number of carbonyl (C=O) groups is 2. The molecule has 3 N–H and O–H groups in total. The van der Waals surface area contributed by atoms with Crippen LogP contribution < -0.4 is 15.5 Å². The molecule has 0 atom stereocenters. The summed E-state index contributed by atoms with van der Waals surface area (Å²) in [7, 11) is 0. The first-order chi connectivity index (χ1) is 18.3. The number of para-hydroxylation sites is 1. The number of anilines is 3. The van der Waals surface area contributed by atoms with E-state index in [0.29, 0.717) is 18.9 Å². The van der Waals surface area contributed by atoms with E-state index in [0.717, 1.165) is 24.1 Å². The molecule has 0 radical (unpaired) electrons. The van der Waals surface area contributed by atoms with Crippen LogP contribution in [0.25, 0.3) is 11.3 Å². The molecule has 1 aromatic heterocycles. The summed E-state index contributed by atoms with van der Waals surface area (Å²) in [6.07, 6.45) is 0.787. The van der Waals surface area contributed by atoms with Gasteiger partial charge in [-0.15, -0.1) is 0 Å². The fourth-order valence-corrected chi connectivity index (χ4v) is 4.00. The molecule has 0 bridgehead atoms. The van der Waals surface area contributed by atoms with E-state index < -0.39 is 23.6 Å². The van der Waals surface area contributed by atoms with Crippen LogP contribution in [0.15, 0.2) is 84.9 Å². The number of hydrogen-bond acceptors (Lipinski definition) is 4. The number of carboxylic acids is 1. The van der Waals surface area contributed by atoms with Crippen molar-refractivity contribution in [2.45, 2.75) is 19.9 Å². The highest BCUT2D eigenvalue weighted by molar-refractivity contribution is 6.01. The molecule has 0 aliphatic carbocycles. The van der Waals surface area contributed by atoms with Crippen LogP contribution in [0.1, 0.15) is 29.3 Å². The Morgan fingerprint density at radius 3 is 2.37 bits per heavy atom. The van der Waals surface area contributed by atoms with Crippen LogP contribution in [0.2, 0.25) is 0 Å². The molecule has 1 heterocycles. The van der Waals surface area contributed by atoms with Gasteiger partial charge in [-0.3, -0.25) is 0 Å². The molecule has 38 heavy (non-hydrogen) atoms. The van der Waals surface area contributed by atoms with Crippen molar-refractivity contribution in [1.29, 1.82) is 0 Å². The Bertz CT molecular complexity index is 1450. The van der Waals surface area contributed by atoms with E-state index in [-0.39, 0.29) is 28.2 Å². The van der Waals surface area contributed by atoms with Gasteiger partial charge in [0.1, 0.15) is 17.5 Å². The van der Waals surface area contributed by atoms with Gasteiger partial charge in [-0.1, -0.05) is 49.4 Å². The Kier molecular flexibility index (Phi) is 8.27. The third-order valence-electron chi connectivity index (χ3n) is 5.71. The maximum atomic E-state index is 14.2. The number of aromatic nitrogens is 1. The van der Waals surface area contributed by atoms with Crippen molar-refractivity contribution in [2.24, 2.45) is 0 Å². The van der Waals surface area contributed by atoms with Crippen molar-refractivity contribution in [3.05, 3.63) is 108 Å². The largest absolute Gasteiger partial charge is 0.478 e. The predicted molar refractivity (Wildman–Crippen MR) is 143 cm³/mol. The number of carbonyl (C=O) groups excluding carboxylic acids is 1. The maximum absolute atomic E-state index is 14.2. The highest BCUT2D eigenvalue weighted by Gasteiger charge is 2.18. The zero-order valence-corrected chi connectivity index (χ0v) is 20.6. The van der Waals surface area contributed by atoms with E-state index in [2.05, 4.69) is 15.6 Å². The van der Waals surface area contributed by atoms with E-state index in [1.807, 2.05) is 42.2 Å². The number of amides is 2. The van der Waals surface area contributed by atoms with Crippen LogP contribution in [0.4, 0.5) is 30.8 Å². The lowest BCUT2D eigenvalue weighted by Crippen LogP contribution is -2.25. The van der Waals surface area contributed by atoms with Crippen LogP contribution >= 0.6 is 0 Å². The summed E-state index contributed by atoms with van der Waals surface area (Å²) < 4.78 is 28.3. The van der Waals surface area contributed by atoms with Crippen molar-refractivity contribution < 1.29 is 23.5 Å². The molecule has 9 heteroatoms. The summed E-state index contributed by atoms with van der Waals surface area (Å²) in [6.45, 7) is 3.13. The lowest BCUT2D eigenvalue weighted by molar-refractivity contribution is 0.0697. The molecular formula is C29H26F2N4O3. The van der Waals surface area contributed by atoms with Crippen LogP contribution in [-0.2, 0) is 6.54 Å². The fraction of sp³-hybridized carbons (Fsp3) is 0.138. The Morgan fingerprint density at radius 1 is 0.921 bits per heavy atom. The van der Waals surface area contributed by atoms with Crippen molar-refractivity contribution in [3.8, 4) is 11.3 Å². The molecule has 0 saturated heterocycles. The van der Waals surface area contributed by atoms with Crippen molar-refractivity contribution in [1.82, 2.24) is 4.98 Å². The fourth-order valence-electron chi connectivity index (χ4n) is 4.00. The molecule has 7 nitrogen and oxygen atoms in total. The molecule has 0 saturated carbocycles. The number of halogens is 2. The lowest BCUT2D eigenvalue weighted by atomic mass is 10.0. The first kappa shape index (κ1) is 26.3. The molecule has 0 aliphatic rings. The van der Waals surface area contributed by atoms with E-state index in [1.165, 1.54) is 30.3 Å². The number of hydrogen-bond donors (Lipinski definition) is 3. The number of aromatic carboxylic acids is 1.